The van der Waals surface area contributed by atoms with E-state index in [1.54, 1.807) is 18.2 Å². The van der Waals surface area contributed by atoms with Gasteiger partial charge in [0.15, 0.2) is 0 Å². The second kappa shape index (κ2) is 9.50. The zero-order valence-corrected chi connectivity index (χ0v) is 18.6. The van der Waals surface area contributed by atoms with Crippen molar-refractivity contribution in [2.24, 2.45) is 0 Å². The second-order valence-corrected chi connectivity index (χ2v) is 7.82. The third kappa shape index (κ3) is 5.42. The standard InChI is InChI=1S/C24H16BrClN2O2/c1-27(2)22-14-11-19(23(25)16-22)9-10-20-8-5-18(15-24(20)26)4-3-17-6-12-21(13-7-17)28(29)30/h5-8,11-16H,1-2H3. The van der Waals surface area contributed by atoms with Crippen molar-refractivity contribution in [3.8, 4) is 23.7 Å². The lowest BCUT2D eigenvalue weighted by molar-refractivity contribution is -0.384. The van der Waals surface area contributed by atoms with Crippen molar-refractivity contribution in [2.75, 3.05) is 19.0 Å². The monoisotopic (exact) mass is 478 g/mol. The van der Waals surface area contributed by atoms with Gasteiger partial charge in [0.1, 0.15) is 0 Å². The maximum absolute atomic E-state index is 10.7. The molecule has 4 nitrogen and oxygen atoms in total. The van der Waals surface area contributed by atoms with Crippen LogP contribution < -0.4 is 4.90 Å². The number of anilines is 1. The number of hydrogen-bond donors (Lipinski definition) is 0. The van der Waals surface area contributed by atoms with E-state index in [9.17, 15) is 10.1 Å². The molecule has 0 bridgehead atoms. The molecule has 0 aliphatic rings. The van der Waals surface area contributed by atoms with E-state index in [4.69, 9.17) is 11.6 Å². The first-order valence-corrected chi connectivity index (χ1v) is 10.1. The van der Waals surface area contributed by atoms with Crippen LogP contribution in [0.4, 0.5) is 11.4 Å². The van der Waals surface area contributed by atoms with Gasteiger partial charge in [0, 0.05) is 58.6 Å². The molecule has 3 rings (SSSR count). The Morgan fingerprint density at radius 3 is 2.07 bits per heavy atom. The van der Waals surface area contributed by atoms with Gasteiger partial charge in [-0.25, -0.2) is 0 Å². The summed E-state index contributed by atoms with van der Waals surface area (Å²) in [6, 6.07) is 17.5. The van der Waals surface area contributed by atoms with Crippen LogP contribution in [-0.2, 0) is 0 Å². The second-order valence-electron chi connectivity index (χ2n) is 6.56. The molecule has 0 heterocycles. The number of hydrogen-bond acceptors (Lipinski definition) is 3. The third-order valence-corrected chi connectivity index (χ3v) is 5.17. The lowest BCUT2D eigenvalue weighted by Crippen LogP contribution is -2.08. The molecule has 0 unspecified atom stereocenters. The smallest absolute Gasteiger partial charge is 0.269 e. The van der Waals surface area contributed by atoms with Crippen LogP contribution >= 0.6 is 27.5 Å². The van der Waals surface area contributed by atoms with Crippen molar-refractivity contribution in [2.45, 2.75) is 0 Å². The molecule has 30 heavy (non-hydrogen) atoms. The summed E-state index contributed by atoms with van der Waals surface area (Å²) in [6.45, 7) is 0. The Hall–Kier alpha value is -3.25. The highest BCUT2D eigenvalue weighted by molar-refractivity contribution is 9.10. The van der Waals surface area contributed by atoms with Gasteiger partial charge in [-0.2, -0.15) is 0 Å². The molecule has 0 spiro atoms. The highest BCUT2D eigenvalue weighted by atomic mass is 79.9. The Morgan fingerprint density at radius 1 is 0.867 bits per heavy atom. The maximum Gasteiger partial charge on any atom is 0.269 e. The number of non-ortho nitro benzene ring substituents is 1. The van der Waals surface area contributed by atoms with Crippen molar-refractivity contribution < 1.29 is 4.92 Å². The largest absolute Gasteiger partial charge is 0.378 e. The molecule has 0 aromatic heterocycles. The summed E-state index contributed by atoms with van der Waals surface area (Å²) in [4.78, 5) is 12.3. The molecular formula is C24H16BrClN2O2. The van der Waals surface area contributed by atoms with E-state index in [0.29, 0.717) is 16.1 Å². The number of nitro groups is 1. The van der Waals surface area contributed by atoms with Gasteiger partial charge >= 0.3 is 0 Å². The first kappa shape index (κ1) is 21.5. The minimum absolute atomic E-state index is 0.0366. The molecule has 0 saturated carbocycles. The summed E-state index contributed by atoms with van der Waals surface area (Å²) in [5.74, 6) is 12.2. The zero-order chi connectivity index (χ0) is 21.7. The number of rotatable bonds is 2. The SMILES string of the molecule is CN(C)c1ccc(C#Cc2ccc(C#Cc3ccc([N+](=O)[O-])cc3)cc2Cl)c(Br)c1. The van der Waals surface area contributed by atoms with Crippen molar-refractivity contribution in [1.29, 1.82) is 0 Å². The summed E-state index contributed by atoms with van der Waals surface area (Å²) in [7, 11) is 3.97. The molecule has 0 fully saturated rings. The number of benzene rings is 3. The van der Waals surface area contributed by atoms with E-state index < -0.39 is 4.92 Å². The van der Waals surface area contributed by atoms with E-state index in [2.05, 4.69) is 39.6 Å². The molecule has 3 aromatic carbocycles. The summed E-state index contributed by atoms with van der Waals surface area (Å²) >= 11 is 9.93. The molecule has 0 amide bonds. The van der Waals surface area contributed by atoms with Gasteiger partial charge in [-0.1, -0.05) is 35.3 Å². The summed E-state index contributed by atoms with van der Waals surface area (Å²) in [5, 5.41) is 11.2. The fourth-order valence-corrected chi connectivity index (χ4v) is 3.22. The number of nitrogens with zero attached hydrogens (tertiary/aromatic N) is 2. The van der Waals surface area contributed by atoms with Gasteiger partial charge in [0.05, 0.1) is 9.95 Å². The lowest BCUT2D eigenvalue weighted by atomic mass is 10.1. The van der Waals surface area contributed by atoms with E-state index in [-0.39, 0.29) is 5.69 Å². The predicted molar refractivity (Wildman–Crippen MR) is 125 cm³/mol. The minimum Gasteiger partial charge on any atom is -0.378 e. The van der Waals surface area contributed by atoms with E-state index >= 15 is 0 Å². The van der Waals surface area contributed by atoms with Crippen molar-refractivity contribution >= 4 is 38.9 Å². The molecule has 148 valence electrons. The first-order chi connectivity index (χ1) is 14.3. The molecule has 0 N–H and O–H groups in total. The number of nitro benzene ring substituents is 1. The van der Waals surface area contributed by atoms with Crippen LogP contribution in [0.3, 0.4) is 0 Å². The molecule has 0 aliphatic carbocycles. The molecule has 0 aliphatic heterocycles. The van der Waals surface area contributed by atoms with Gasteiger partial charge in [-0.15, -0.1) is 0 Å². The number of halogens is 2. The van der Waals surface area contributed by atoms with Crippen molar-refractivity contribution in [1.82, 2.24) is 0 Å². The molecule has 0 saturated heterocycles. The fourth-order valence-electron chi connectivity index (χ4n) is 2.52. The van der Waals surface area contributed by atoms with Crippen LogP contribution in [0.15, 0.2) is 65.1 Å². The van der Waals surface area contributed by atoms with Crippen LogP contribution in [0.1, 0.15) is 22.3 Å². The summed E-state index contributed by atoms with van der Waals surface area (Å²) < 4.78 is 0.919. The Morgan fingerprint density at radius 2 is 1.47 bits per heavy atom. The molecule has 6 heteroatoms. The zero-order valence-electron chi connectivity index (χ0n) is 16.2. The van der Waals surface area contributed by atoms with Crippen LogP contribution in [0, 0.1) is 33.8 Å². The average Bonchev–Trinajstić information content (AvgIpc) is 2.72. The Bertz CT molecular complexity index is 1230. The lowest BCUT2D eigenvalue weighted by Gasteiger charge is -2.12. The summed E-state index contributed by atoms with van der Waals surface area (Å²) in [5.41, 5.74) is 4.13. The molecule has 0 radical (unpaired) electrons. The third-order valence-electron chi connectivity index (χ3n) is 4.20. The van der Waals surface area contributed by atoms with Gasteiger partial charge in [0.25, 0.3) is 5.69 Å². The Balaban J connectivity index is 1.79. The molecule has 0 atom stereocenters. The average molecular weight is 480 g/mol. The van der Waals surface area contributed by atoms with Crippen LogP contribution in [-0.4, -0.2) is 19.0 Å². The van der Waals surface area contributed by atoms with Gasteiger partial charge in [0.2, 0.25) is 0 Å². The van der Waals surface area contributed by atoms with Gasteiger partial charge in [-0.3, -0.25) is 10.1 Å². The Kier molecular flexibility index (Phi) is 6.79. The van der Waals surface area contributed by atoms with E-state index in [1.807, 2.05) is 49.3 Å². The van der Waals surface area contributed by atoms with Crippen molar-refractivity contribution in [3.05, 3.63) is 103 Å². The van der Waals surface area contributed by atoms with Crippen LogP contribution in [0.25, 0.3) is 0 Å². The quantitative estimate of drug-likeness (QED) is 0.262. The molecular weight excluding hydrogens is 464 g/mol. The highest BCUT2D eigenvalue weighted by Crippen LogP contribution is 2.23. The first-order valence-electron chi connectivity index (χ1n) is 8.88. The van der Waals surface area contributed by atoms with Gasteiger partial charge in [-0.05, 0) is 64.5 Å². The minimum atomic E-state index is -0.439. The predicted octanol–water partition coefficient (Wildman–Crippen LogP) is 5.88. The van der Waals surface area contributed by atoms with Crippen LogP contribution in [0.5, 0.6) is 0 Å². The summed E-state index contributed by atoms with van der Waals surface area (Å²) in [6.07, 6.45) is 0. The topological polar surface area (TPSA) is 46.4 Å². The van der Waals surface area contributed by atoms with Crippen LogP contribution in [0.2, 0.25) is 5.02 Å². The fraction of sp³-hybridized carbons (Fsp3) is 0.0833. The Labute approximate surface area is 188 Å². The van der Waals surface area contributed by atoms with E-state index in [0.717, 1.165) is 21.3 Å². The van der Waals surface area contributed by atoms with Crippen molar-refractivity contribution in [3.63, 3.8) is 0 Å². The van der Waals surface area contributed by atoms with Gasteiger partial charge < -0.3 is 4.90 Å². The van der Waals surface area contributed by atoms with E-state index in [1.165, 1.54) is 12.1 Å². The molecule has 3 aromatic rings. The highest BCUT2D eigenvalue weighted by Gasteiger charge is 2.03. The maximum atomic E-state index is 10.7. The normalized spacial score (nSPS) is 9.73.